The molecule has 0 saturated heterocycles. The van der Waals surface area contributed by atoms with Gasteiger partial charge < -0.3 is 23.7 Å². The fourth-order valence-electron chi connectivity index (χ4n) is 2.64. The van der Waals surface area contributed by atoms with Crippen molar-refractivity contribution in [2.24, 2.45) is 0 Å². The molecule has 0 aliphatic carbocycles. The van der Waals surface area contributed by atoms with Crippen molar-refractivity contribution in [3.8, 4) is 0 Å². The fraction of sp³-hybridized carbons (Fsp3) is 0.368. The highest BCUT2D eigenvalue weighted by Gasteiger charge is 2.38. The molecule has 0 saturated carbocycles. The molecule has 0 aromatic heterocycles. The van der Waals surface area contributed by atoms with Gasteiger partial charge in [-0.1, -0.05) is 37.6 Å². The molecule has 0 radical (unpaired) electrons. The van der Waals surface area contributed by atoms with E-state index in [1.807, 2.05) is 13.8 Å². The molecular weight excluding hydrogens is 376 g/mol. The van der Waals surface area contributed by atoms with E-state index in [9.17, 15) is 9.59 Å². The summed E-state index contributed by atoms with van der Waals surface area (Å²) in [5, 5.41) is 0.538. The molecule has 7 nitrogen and oxygen atoms in total. The molecule has 1 aromatic rings. The van der Waals surface area contributed by atoms with Crippen LogP contribution in [0.4, 0.5) is 9.59 Å². The van der Waals surface area contributed by atoms with Crippen molar-refractivity contribution in [2.75, 3.05) is 14.2 Å². The largest absolute Gasteiger partial charge is 0.513 e. The fourth-order valence-corrected chi connectivity index (χ4v) is 2.76. The Balaban J connectivity index is 2.63. The molecule has 0 atom stereocenters. The first-order valence-corrected chi connectivity index (χ1v) is 8.73. The summed E-state index contributed by atoms with van der Waals surface area (Å²) in [6.45, 7) is 3.71. The number of rotatable bonds is 5. The second-order valence-corrected chi connectivity index (χ2v) is 5.92. The normalized spacial score (nSPS) is 14.6. The Morgan fingerprint density at radius 1 is 0.926 bits per heavy atom. The van der Waals surface area contributed by atoms with E-state index in [1.165, 1.54) is 14.2 Å². The van der Waals surface area contributed by atoms with Crippen molar-refractivity contribution in [1.82, 2.24) is 0 Å². The van der Waals surface area contributed by atoms with Gasteiger partial charge in [-0.25, -0.2) is 9.59 Å². The summed E-state index contributed by atoms with van der Waals surface area (Å²) in [6.07, 6.45) is -0.914. The van der Waals surface area contributed by atoms with Crippen molar-refractivity contribution >= 4 is 23.9 Å². The third-order valence-corrected chi connectivity index (χ3v) is 4.14. The Labute approximate surface area is 162 Å². The zero-order valence-corrected chi connectivity index (χ0v) is 16.3. The average Bonchev–Trinajstić information content (AvgIpc) is 2.68. The number of benzene rings is 1. The third-order valence-electron chi connectivity index (χ3n) is 3.89. The van der Waals surface area contributed by atoms with Crippen LogP contribution in [-0.2, 0) is 23.7 Å². The Kier molecular flexibility index (Phi) is 7.12. The van der Waals surface area contributed by atoms with E-state index < -0.39 is 18.2 Å². The summed E-state index contributed by atoms with van der Waals surface area (Å²) in [4.78, 5) is 23.6. The highest BCUT2D eigenvalue weighted by atomic mass is 35.5. The summed E-state index contributed by atoms with van der Waals surface area (Å²) in [6, 6.07) is 6.88. The van der Waals surface area contributed by atoms with Gasteiger partial charge in [0.1, 0.15) is 17.4 Å². The van der Waals surface area contributed by atoms with Crippen LogP contribution in [0.3, 0.4) is 0 Å². The first kappa shape index (κ1) is 20.6. The molecule has 0 fully saturated rings. The van der Waals surface area contributed by atoms with Crippen LogP contribution in [0.25, 0.3) is 0 Å². The van der Waals surface area contributed by atoms with Gasteiger partial charge in [-0.2, -0.15) is 0 Å². The van der Waals surface area contributed by atoms with E-state index in [4.69, 9.17) is 25.8 Å². The van der Waals surface area contributed by atoms with Crippen LogP contribution >= 0.6 is 11.6 Å². The van der Waals surface area contributed by atoms with Gasteiger partial charge in [0, 0.05) is 17.9 Å². The zero-order chi connectivity index (χ0) is 20.0. The van der Waals surface area contributed by atoms with Crippen LogP contribution in [0.1, 0.15) is 38.2 Å². The lowest BCUT2D eigenvalue weighted by Gasteiger charge is -2.30. The van der Waals surface area contributed by atoms with Gasteiger partial charge in [-0.3, -0.25) is 0 Å². The lowest BCUT2D eigenvalue weighted by molar-refractivity contribution is 0.0641. The number of halogens is 1. The van der Waals surface area contributed by atoms with Gasteiger partial charge in [-0.05, 0) is 17.7 Å². The summed E-state index contributed by atoms with van der Waals surface area (Å²) in [5.74, 6) is 0.536. The molecule has 0 N–H and O–H groups in total. The molecular formula is C19H21ClO7. The maximum atomic E-state index is 11.8. The summed E-state index contributed by atoms with van der Waals surface area (Å²) in [7, 11) is 2.41. The van der Waals surface area contributed by atoms with Crippen molar-refractivity contribution in [3.63, 3.8) is 0 Å². The van der Waals surface area contributed by atoms with Crippen LogP contribution < -0.4 is 0 Å². The molecule has 8 heteroatoms. The van der Waals surface area contributed by atoms with Gasteiger partial charge in [0.05, 0.1) is 14.2 Å². The second-order valence-electron chi connectivity index (χ2n) is 5.48. The topological polar surface area (TPSA) is 80.3 Å². The molecule has 0 spiro atoms. The SMILES string of the molecule is CCC1=C(OC(=O)OC)C(c2ccc(Cl)cc2)C(OC(=O)OC)=C(CC)O1. The van der Waals surface area contributed by atoms with Crippen LogP contribution in [0.15, 0.2) is 47.3 Å². The van der Waals surface area contributed by atoms with E-state index in [2.05, 4.69) is 9.47 Å². The van der Waals surface area contributed by atoms with Gasteiger partial charge >= 0.3 is 12.3 Å². The summed E-state index contributed by atoms with van der Waals surface area (Å²) < 4.78 is 25.8. The number of carbonyl (C=O) groups is 2. The van der Waals surface area contributed by atoms with Crippen LogP contribution in [0, 0.1) is 0 Å². The number of carbonyl (C=O) groups excluding carboxylic acids is 2. The minimum atomic E-state index is -0.907. The highest BCUT2D eigenvalue weighted by Crippen LogP contribution is 2.43. The average molecular weight is 397 g/mol. The standard InChI is InChI=1S/C19H21ClO7/c1-5-13-16(26-18(21)23-3)15(11-7-9-12(20)10-8-11)17(14(6-2)25-13)27-19(22)24-4/h7-10,15H,5-6H2,1-4H3. The maximum absolute atomic E-state index is 11.8. The maximum Gasteiger partial charge on any atom is 0.513 e. The van der Waals surface area contributed by atoms with E-state index in [1.54, 1.807) is 24.3 Å². The molecule has 27 heavy (non-hydrogen) atoms. The lowest BCUT2D eigenvalue weighted by Crippen LogP contribution is -2.24. The number of methoxy groups -OCH3 is 2. The third kappa shape index (κ3) is 4.74. The quantitative estimate of drug-likeness (QED) is 0.627. The van der Waals surface area contributed by atoms with Gasteiger partial charge in [-0.15, -0.1) is 0 Å². The van der Waals surface area contributed by atoms with Crippen molar-refractivity contribution < 1.29 is 33.3 Å². The number of allylic oxidation sites excluding steroid dienone is 2. The van der Waals surface area contributed by atoms with E-state index in [0.29, 0.717) is 34.9 Å². The minimum Gasteiger partial charge on any atom is -0.459 e. The predicted octanol–water partition coefficient (Wildman–Crippen LogP) is 5.26. The molecule has 2 rings (SSSR count). The van der Waals surface area contributed by atoms with Gasteiger partial charge in [0.15, 0.2) is 11.5 Å². The van der Waals surface area contributed by atoms with Crippen molar-refractivity contribution in [2.45, 2.75) is 32.6 Å². The number of ether oxygens (including phenoxy) is 5. The lowest BCUT2D eigenvalue weighted by atomic mass is 9.91. The van der Waals surface area contributed by atoms with E-state index in [-0.39, 0.29) is 11.5 Å². The summed E-state index contributed by atoms with van der Waals surface area (Å²) >= 11 is 5.99. The number of hydrogen-bond donors (Lipinski definition) is 0. The highest BCUT2D eigenvalue weighted by molar-refractivity contribution is 6.30. The minimum absolute atomic E-state index is 0.183. The molecule has 1 aromatic carbocycles. The molecule has 1 heterocycles. The van der Waals surface area contributed by atoms with Crippen LogP contribution in [0.2, 0.25) is 5.02 Å². The Bertz CT molecular complexity index is 723. The van der Waals surface area contributed by atoms with Crippen molar-refractivity contribution in [1.29, 1.82) is 0 Å². The monoisotopic (exact) mass is 396 g/mol. The Morgan fingerprint density at radius 2 is 1.37 bits per heavy atom. The molecule has 146 valence electrons. The van der Waals surface area contributed by atoms with Crippen LogP contribution in [-0.4, -0.2) is 26.5 Å². The first-order valence-electron chi connectivity index (χ1n) is 8.36. The Morgan fingerprint density at radius 3 is 1.74 bits per heavy atom. The van der Waals surface area contributed by atoms with Gasteiger partial charge in [0.25, 0.3) is 0 Å². The molecule has 1 aliphatic rings. The predicted molar refractivity (Wildman–Crippen MR) is 96.9 cm³/mol. The molecule has 1 aliphatic heterocycles. The molecule has 0 unspecified atom stereocenters. The van der Waals surface area contributed by atoms with E-state index in [0.717, 1.165) is 0 Å². The summed E-state index contributed by atoms with van der Waals surface area (Å²) in [5.41, 5.74) is 0.692. The molecule has 0 amide bonds. The second kappa shape index (κ2) is 9.32. The van der Waals surface area contributed by atoms with E-state index >= 15 is 0 Å². The number of hydrogen-bond acceptors (Lipinski definition) is 7. The zero-order valence-electron chi connectivity index (χ0n) is 15.5. The first-order chi connectivity index (χ1) is 12.9. The van der Waals surface area contributed by atoms with Gasteiger partial charge in [0.2, 0.25) is 0 Å². The van der Waals surface area contributed by atoms with Crippen LogP contribution in [0.5, 0.6) is 0 Å². The van der Waals surface area contributed by atoms with Crippen molar-refractivity contribution in [3.05, 3.63) is 57.9 Å². The smallest absolute Gasteiger partial charge is 0.459 e. The molecule has 0 bridgehead atoms. The Hall–Kier alpha value is -2.67.